The van der Waals surface area contributed by atoms with E-state index >= 15 is 19.2 Å². The fourth-order valence-electron chi connectivity index (χ4n) is 15.9. The van der Waals surface area contributed by atoms with Crippen LogP contribution in [0.25, 0.3) is 0 Å². The lowest BCUT2D eigenvalue weighted by molar-refractivity contribution is -0.371. The van der Waals surface area contributed by atoms with Crippen molar-refractivity contribution >= 4 is 134 Å². The van der Waals surface area contributed by atoms with E-state index in [0.717, 1.165) is 14.2 Å². The first-order chi connectivity index (χ1) is 54.4. The van der Waals surface area contributed by atoms with E-state index in [4.69, 9.17) is 154 Å². The summed E-state index contributed by atoms with van der Waals surface area (Å²) in [6.45, 7) is 22.2. The molecule has 6 aliphatic heterocycles. The van der Waals surface area contributed by atoms with Crippen molar-refractivity contribution in [2.24, 2.45) is 0 Å². The molecule has 7 aliphatic rings. The summed E-state index contributed by atoms with van der Waals surface area (Å²) in [6, 6.07) is 26.2. The fourth-order valence-corrected chi connectivity index (χ4v) is 26.2. The van der Waals surface area contributed by atoms with E-state index in [1.165, 1.54) is 72.8 Å². The van der Waals surface area contributed by atoms with Crippen LogP contribution in [-0.2, 0) is 103 Å². The number of aliphatic hydroxyl groups excluding tert-OH is 1. The standard InChI is InChI=1S/C79H96Cl6N2O27Si2/c1-74(2,3)115(75(4,5)6)99-39-46-51(113-115)50(88)48(86-72(95)78(80,81)82)68(102-46)109-54-57(105-63(90)42-31-21-16-22-32-42)61(107-65(92)44-35-25-18-26-36-44)71(112-59(54)67(94)98-14)108-53-49(87-73(96)79(83,84)85)69(103-47-40-100-116(76(7,8)9,77(10,11)12)114-52(47)53)110-55-56(104-62(89)41-29-19-15-20-30-41)60(106-64(91)43-33-23-17-24-34-43)70(101-45-37-27-28-38-45)111-58(55)66(93)97-13/h15-36,45-61,68-71,88H,37-40H2,1-14H3,(H,86,95)(H,87,96)/t46-,47-,48-,49-,50-,51-,52-,53-,54+,55+,56+,57+,58+,59+,60-,61-,68+,69+,70-,71-/m1/s1. The van der Waals surface area contributed by atoms with E-state index < -0.39 is 228 Å². The molecule has 0 radical (unpaired) electrons. The van der Waals surface area contributed by atoms with Crippen molar-refractivity contribution in [2.75, 3.05) is 27.4 Å². The van der Waals surface area contributed by atoms with Gasteiger partial charge < -0.3 is 99.8 Å². The molecule has 6 saturated heterocycles. The van der Waals surface area contributed by atoms with Crippen LogP contribution in [0.4, 0.5) is 0 Å². The van der Waals surface area contributed by atoms with E-state index in [2.05, 4.69) is 10.6 Å². The molecule has 20 atom stereocenters. The molecule has 37 heteroatoms. The van der Waals surface area contributed by atoms with Crippen molar-refractivity contribution in [1.29, 1.82) is 0 Å². The highest BCUT2D eigenvalue weighted by Crippen LogP contribution is 2.58. The van der Waals surface area contributed by atoms with Gasteiger partial charge in [-0.2, -0.15) is 0 Å². The average molecular weight is 1770 g/mol. The van der Waals surface area contributed by atoms with Crippen molar-refractivity contribution in [2.45, 2.75) is 252 Å². The Morgan fingerprint density at radius 1 is 0.397 bits per heavy atom. The lowest BCUT2D eigenvalue weighted by atomic mass is 9.93. The topological polar surface area (TPSA) is 347 Å². The highest BCUT2D eigenvalue weighted by Gasteiger charge is 2.70. The van der Waals surface area contributed by atoms with Crippen LogP contribution >= 0.6 is 69.6 Å². The zero-order valence-corrected chi connectivity index (χ0v) is 72.5. The minimum Gasteiger partial charge on any atom is -0.467 e. The number of aliphatic hydroxyl groups is 1. The Kier molecular flexibility index (Phi) is 28.5. The number of esters is 6. The Labute approximate surface area is 703 Å². The molecular weight excluding hydrogens is 1680 g/mol. The molecule has 0 spiro atoms. The minimum atomic E-state index is -3.94. The van der Waals surface area contributed by atoms with Gasteiger partial charge in [0.05, 0.1) is 55.8 Å². The maximum atomic E-state index is 15.3. The van der Waals surface area contributed by atoms with Crippen LogP contribution in [0.3, 0.4) is 0 Å². The van der Waals surface area contributed by atoms with Gasteiger partial charge in [0.15, 0.2) is 61.8 Å². The number of amides is 2. The maximum absolute atomic E-state index is 15.3. The van der Waals surface area contributed by atoms with Crippen LogP contribution in [-0.4, -0.2) is 234 Å². The highest BCUT2D eigenvalue weighted by atomic mass is 35.6. The number of hydrogen-bond acceptors (Lipinski definition) is 27. The van der Waals surface area contributed by atoms with Crippen LogP contribution in [0.15, 0.2) is 133 Å². The third kappa shape index (κ3) is 19.6. The lowest BCUT2D eigenvalue weighted by Crippen LogP contribution is -2.76. The quantitative estimate of drug-likeness (QED) is 0.0243. The molecule has 4 aromatic carbocycles. The fraction of sp³-hybridized carbons (Fsp3) is 0.570. The Morgan fingerprint density at radius 3 is 1.05 bits per heavy atom. The second-order valence-corrected chi connectivity index (χ2v) is 47.0. The molecule has 29 nitrogen and oxygen atoms in total. The first-order valence-corrected chi connectivity index (χ1v) is 43.5. The normalized spacial score (nSPS) is 30.9. The van der Waals surface area contributed by atoms with Gasteiger partial charge >= 0.3 is 52.9 Å². The minimum absolute atomic E-state index is 0.0124. The zero-order valence-electron chi connectivity index (χ0n) is 66.0. The third-order valence-electron chi connectivity index (χ3n) is 20.9. The van der Waals surface area contributed by atoms with E-state index in [1.54, 1.807) is 48.5 Å². The zero-order chi connectivity index (χ0) is 84.6. The molecule has 11 rings (SSSR count). The van der Waals surface area contributed by atoms with Crippen LogP contribution in [0.1, 0.15) is 137 Å². The number of methoxy groups -OCH3 is 2. The summed E-state index contributed by atoms with van der Waals surface area (Å²) in [6.07, 6.45) is -31.4. The Hall–Kier alpha value is -5.97. The van der Waals surface area contributed by atoms with Crippen molar-refractivity contribution < 1.29 is 127 Å². The molecule has 634 valence electrons. The van der Waals surface area contributed by atoms with E-state index in [-0.39, 0.29) is 28.9 Å². The first kappa shape index (κ1) is 90.8. The third-order valence-corrected chi connectivity index (χ3v) is 32.2. The maximum Gasteiger partial charge on any atom is 0.349 e. The average Bonchev–Trinajstić information content (AvgIpc) is 0.782. The summed E-state index contributed by atoms with van der Waals surface area (Å²) in [5, 5.41) is 15.0. The largest absolute Gasteiger partial charge is 0.467 e. The molecule has 0 saturated carbocycles. The van der Waals surface area contributed by atoms with Gasteiger partial charge in [-0.15, -0.1) is 0 Å². The van der Waals surface area contributed by atoms with E-state index in [9.17, 15) is 24.3 Å². The summed E-state index contributed by atoms with van der Waals surface area (Å²) >= 11 is 38.5. The molecule has 2 amide bonds. The van der Waals surface area contributed by atoms with Gasteiger partial charge in [-0.1, -0.05) is 238 Å². The van der Waals surface area contributed by atoms with Gasteiger partial charge in [0.2, 0.25) is 0 Å². The Bertz CT molecular complexity index is 4130. The molecule has 0 aromatic heterocycles. The smallest absolute Gasteiger partial charge is 0.349 e. The molecule has 1 aliphatic carbocycles. The van der Waals surface area contributed by atoms with Gasteiger partial charge in [-0.25, -0.2) is 28.8 Å². The summed E-state index contributed by atoms with van der Waals surface area (Å²) < 4.78 is 115. The summed E-state index contributed by atoms with van der Waals surface area (Å²) in [5.74, 6) is -9.59. The van der Waals surface area contributed by atoms with E-state index in [1.807, 2.05) is 95.2 Å². The first-order valence-electron chi connectivity index (χ1n) is 37.6. The molecule has 6 fully saturated rings. The van der Waals surface area contributed by atoms with Gasteiger partial charge in [-0.3, -0.25) is 9.59 Å². The van der Waals surface area contributed by atoms with Crippen LogP contribution in [0.2, 0.25) is 20.2 Å². The van der Waals surface area contributed by atoms with Gasteiger partial charge in [0.1, 0.15) is 60.9 Å². The molecular formula is C79H96Cl6N2O27Si2. The number of fused-ring (bicyclic) bond motifs is 2. The van der Waals surface area contributed by atoms with Crippen molar-refractivity contribution in [1.82, 2.24) is 10.6 Å². The van der Waals surface area contributed by atoms with Gasteiger partial charge in [-0.05, 0) is 61.4 Å². The van der Waals surface area contributed by atoms with Gasteiger partial charge in [0, 0.05) is 20.2 Å². The predicted molar refractivity (Wildman–Crippen MR) is 422 cm³/mol. The molecule has 3 N–H and O–H groups in total. The van der Waals surface area contributed by atoms with E-state index in [0.29, 0.717) is 12.8 Å². The molecule has 0 bridgehead atoms. The van der Waals surface area contributed by atoms with Gasteiger partial charge in [0.25, 0.3) is 19.4 Å². The second kappa shape index (κ2) is 36.4. The van der Waals surface area contributed by atoms with Crippen molar-refractivity contribution in [3.63, 3.8) is 0 Å². The van der Waals surface area contributed by atoms with Crippen LogP contribution < -0.4 is 10.6 Å². The van der Waals surface area contributed by atoms with Crippen LogP contribution in [0.5, 0.6) is 0 Å². The Morgan fingerprint density at radius 2 is 0.707 bits per heavy atom. The summed E-state index contributed by atoms with van der Waals surface area (Å²) in [4.78, 5) is 120. The summed E-state index contributed by atoms with van der Waals surface area (Å²) in [5.41, 5.74) is -0.283. The SMILES string of the molecule is COC(=O)[C@H]1O[C@@H](O[C@@H]2[C@@H](NC(=O)C(Cl)(Cl)Cl)[C@H](O[C@H]3[C@H](OC(=O)c4ccccc4)[C@@H](OC(=O)c4ccccc4)[C@H](OC4CC=CC4)O[C@@H]3C(=O)OC)O[C@@H]3CO[Si](C(C)(C)C)(C(C)(C)C)O[C@@H]23)[C@H](OC(=O)c2ccccc2)[C@@H](OC(=O)c2ccccc2)[C@@H]1O[C@@H]1O[C@@H]2CO[Si](C(C)(C)C)(C(C)(C)C)O[C@H]2[C@H](O)[C@H]1NC(=O)C(Cl)(Cl)Cl. The number of ether oxygens (including phenoxy) is 14. The lowest BCUT2D eigenvalue weighted by Gasteiger charge is -2.59. The van der Waals surface area contributed by atoms with Crippen molar-refractivity contribution in [3.8, 4) is 0 Å². The number of hydrogen-bond donors (Lipinski definition) is 3. The number of carbonyl (C=O) groups is 8. The monoisotopic (exact) mass is 1770 g/mol. The highest BCUT2D eigenvalue weighted by molar-refractivity contribution is 6.77. The molecule has 4 aromatic rings. The number of alkyl halides is 6. The Balaban J connectivity index is 1.11. The molecule has 116 heavy (non-hydrogen) atoms. The molecule has 0 unspecified atom stereocenters. The summed E-state index contributed by atoms with van der Waals surface area (Å²) in [7, 11) is -5.47. The second-order valence-electron chi connectivity index (χ2n) is 32.9. The number of halogens is 6. The van der Waals surface area contributed by atoms with Crippen LogP contribution in [0, 0.1) is 0 Å². The number of benzene rings is 4. The molecule has 6 heterocycles. The number of carbonyl (C=O) groups excluding carboxylic acids is 8. The predicted octanol–water partition coefficient (Wildman–Crippen LogP) is 11.0. The number of nitrogens with one attached hydrogen (secondary N) is 2. The number of rotatable bonds is 20. The van der Waals surface area contributed by atoms with Crippen molar-refractivity contribution in [3.05, 3.63) is 156 Å².